The number of aryl methyl sites for hydroxylation is 2. The molecule has 0 amide bonds. The molecule has 2 aromatic rings. The molecule has 0 saturated carbocycles. The van der Waals surface area contributed by atoms with E-state index in [1.807, 2.05) is 30.3 Å². The topological polar surface area (TPSA) is 76.5 Å². The van der Waals surface area contributed by atoms with Gasteiger partial charge in [-0.15, -0.1) is 0 Å². The molecule has 2 atom stereocenters. The summed E-state index contributed by atoms with van der Waals surface area (Å²) in [6, 6.07) is 11.2. The van der Waals surface area contributed by atoms with Crippen LogP contribution in [0.2, 0.25) is 0 Å². The van der Waals surface area contributed by atoms with Crippen LogP contribution < -0.4 is 5.73 Å². The van der Waals surface area contributed by atoms with E-state index in [-0.39, 0.29) is 16.9 Å². The van der Waals surface area contributed by atoms with Crippen molar-refractivity contribution >= 4 is 10.0 Å². The molecule has 0 unspecified atom stereocenters. The molecule has 0 spiro atoms. The van der Waals surface area contributed by atoms with Crippen molar-refractivity contribution in [3.05, 3.63) is 53.5 Å². The van der Waals surface area contributed by atoms with Crippen LogP contribution in [0.25, 0.3) is 0 Å². The maximum Gasteiger partial charge on any atom is 0.246 e. The molecule has 0 bridgehead atoms. The molecule has 5 nitrogen and oxygen atoms in total. The first-order chi connectivity index (χ1) is 10.4. The molecule has 1 aromatic carbocycles. The van der Waals surface area contributed by atoms with Gasteiger partial charge >= 0.3 is 0 Å². The lowest BCUT2D eigenvalue weighted by Gasteiger charge is -2.16. The van der Waals surface area contributed by atoms with Crippen LogP contribution in [0.4, 0.5) is 0 Å². The van der Waals surface area contributed by atoms with Gasteiger partial charge in [0.05, 0.1) is 0 Å². The summed E-state index contributed by atoms with van der Waals surface area (Å²) in [5, 5.41) is 0. The third kappa shape index (κ3) is 2.58. The van der Waals surface area contributed by atoms with Gasteiger partial charge in [-0.05, 0) is 25.5 Å². The van der Waals surface area contributed by atoms with Gasteiger partial charge in [-0.25, -0.2) is 8.42 Å². The van der Waals surface area contributed by atoms with Crippen LogP contribution in [0.5, 0.6) is 0 Å². The fraction of sp³-hybridized carbons (Fsp3) is 0.375. The monoisotopic (exact) mass is 320 g/mol. The average Bonchev–Trinajstić information content (AvgIpc) is 3.03. The fourth-order valence-corrected chi connectivity index (χ4v) is 4.77. The number of benzene rings is 1. The molecule has 0 aliphatic carbocycles. The largest absolute Gasteiger partial charge is 0.465 e. The molecule has 1 saturated heterocycles. The number of hydrogen-bond donors (Lipinski definition) is 1. The Morgan fingerprint density at radius 1 is 1.18 bits per heavy atom. The first-order valence-electron chi connectivity index (χ1n) is 7.27. The highest BCUT2D eigenvalue weighted by molar-refractivity contribution is 7.89. The quantitative estimate of drug-likeness (QED) is 0.938. The molecule has 118 valence electrons. The van der Waals surface area contributed by atoms with Crippen molar-refractivity contribution in [2.45, 2.75) is 30.7 Å². The van der Waals surface area contributed by atoms with Crippen molar-refractivity contribution in [2.24, 2.45) is 5.73 Å². The molecule has 1 fully saturated rings. The maximum absolute atomic E-state index is 12.8. The van der Waals surface area contributed by atoms with Crippen LogP contribution in [0.1, 0.15) is 23.0 Å². The molecule has 2 heterocycles. The second kappa shape index (κ2) is 5.53. The summed E-state index contributed by atoms with van der Waals surface area (Å²) in [4.78, 5) is 0.242. The van der Waals surface area contributed by atoms with Crippen LogP contribution in [-0.2, 0) is 10.0 Å². The van der Waals surface area contributed by atoms with Crippen molar-refractivity contribution in [3.8, 4) is 0 Å². The third-order valence-electron chi connectivity index (χ3n) is 4.17. The Bertz CT molecular complexity index is 768. The second-order valence-electron chi connectivity index (χ2n) is 5.78. The minimum Gasteiger partial charge on any atom is -0.465 e. The molecular formula is C16H20N2O3S. The lowest BCUT2D eigenvalue weighted by Crippen LogP contribution is -2.32. The summed E-state index contributed by atoms with van der Waals surface area (Å²) in [7, 11) is -3.56. The predicted molar refractivity (Wildman–Crippen MR) is 84.1 cm³/mol. The van der Waals surface area contributed by atoms with Crippen LogP contribution in [0, 0.1) is 13.8 Å². The summed E-state index contributed by atoms with van der Waals surface area (Å²) in [6.45, 7) is 4.14. The normalized spacial score (nSPS) is 23.0. The first-order valence-corrected chi connectivity index (χ1v) is 8.71. The zero-order valence-electron chi connectivity index (χ0n) is 12.7. The second-order valence-corrected chi connectivity index (χ2v) is 7.69. The van der Waals surface area contributed by atoms with Crippen LogP contribution in [0.15, 0.2) is 45.7 Å². The van der Waals surface area contributed by atoms with E-state index >= 15 is 0 Å². The van der Waals surface area contributed by atoms with Gasteiger partial charge in [0.2, 0.25) is 10.0 Å². The third-order valence-corrected chi connectivity index (χ3v) is 6.11. The van der Waals surface area contributed by atoms with E-state index in [4.69, 9.17) is 10.2 Å². The molecule has 2 N–H and O–H groups in total. The van der Waals surface area contributed by atoms with Gasteiger partial charge in [-0.2, -0.15) is 4.31 Å². The van der Waals surface area contributed by atoms with Crippen molar-refractivity contribution in [1.29, 1.82) is 0 Å². The molecule has 6 heteroatoms. The molecule has 0 radical (unpaired) electrons. The van der Waals surface area contributed by atoms with Crippen LogP contribution >= 0.6 is 0 Å². The zero-order valence-corrected chi connectivity index (χ0v) is 13.5. The lowest BCUT2D eigenvalue weighted by molar-refractivity contribution is 0.462. The van der Waals surface area contributed by atoms with Gasteiger partial charge in [0.15, 0.2) is 0 Å². The predicted octanol–water partition coefficient (Wildman–Crippen LogP) is 2.01. The van der Waals surface area contributed by atoms with Crippen molar-refractivity contribution in [3.63, 3.8) is 0 Å². The smallest absolute Gasteiger partial charge is 0.246 e. The minimum atomic E-state index is -3.56. The molecule has 22 heavy (non-hydrogen) atoms. The summed E-state index contributed by atoms with van der Waals surface area (Å²) in [5.74, 6) is 1.04. The van der Waals surface area contributed by atoms with Crippen LogP contribution in [-0.4, -0.2) is 31.9 Å². The molecular weight excluding hydrogens is 300 g/mol. The molecule has 1 aliphatic heterocycles. The Balaban J connectivity index is 1.89. The van der Waals surface area contributed by atoms with Gasteiger partial charge in [0, 0.05) is 25.0 Å². The van der Waals surface area contributed by atoms with Gasteiger partial charge in [0.1, 0.15) is 16.4 Å². The van der Waals surface area contributed by atoms with Gasteiger partial charge in [0.25, 0.3) is 0 Å². The number of sulfonamides is 1. The number of rotatable bonds is 3. The van der Waals surface area contributed by atoms with E-state index in [1.54, 1.807) is 19.9 Å². The standard InChI is InChI=1S/C16H20N2O3S/c1-11-8-16(12(2)21-11)22(19,20)18-9-14(15(17)10-18)13-6-4-3-5-7-13/h3-8,14-15H,9-10,17H2,1-2H3/t14-,15+/m0/s1. The highest BCUT2D eigenvalue weighted by Gasteiger charge is 2.39. The average molecular weight is 320 g/mol. The van der Waals surface area contributed by atoms with E-state index < -0.39 is 10.0 Å². The summed E-state index contributed by atoms with van der Waals surface area (Å²) in [6.07, 6.45) is 0. The first kappa shape index (κ1) is 15.3. The Kier molecular flexibility index (Phi) is 3.84. The summed E-state index contributed by atoms with van der Waals surface area (Å²) in [5.41, 5.74) is 7.27. The Labute approximate surface area is 130 Å². The van der Waals surface area contributed by atoms with E-state index in [0.29, 0.717) is 24.6 Å². The Morgan fingerprint density at radius 2 is 1.86 bits per heavy atom. The van der Waals surface area contributed by atoms with Crippen molar-refractivity contribution in [2.75, 3.05) is 13.1 Å². The van der Waals surface area contributed by atoms with E-state index in [9.17, 15) is 8.42 Å². The summed E-state index contributed by atoms with van der Waals surface area (Å²) < 4.78 is 32.4. The van der Waals surface area contributed by atoms with E-state index in [2.05, 4.69) is 0 Å². The lowest BCUT2D eigenvalue weighted by atomic mass is 9.95. The highest BCUT2D eigenvalue weighted by atomic mass is 32.2. The zero-order chi connectivity index (χ0) is 15.9. The maximum atomic E-state index is 12.8. The number of nitrogens with zero attached hydrogens (tertiary/aromatic N) is 1. The number of nitrogens with two attached hydrogens (primary N) is 1. The number of hydrogen-bond acceptors (Lipinski definition) is 4. The van der Waals surface area contributed by atoms with Gasteiger partial charge < -0.3 is 10.2 Å². The Hall–Kier alpha value is -1.63. The SMILES string of the molecule is Cc1cc(S(=O)(=O)N2C[C@@H](N)[C@H](c3ccccc3)C2)c(C)o1. The molecule has 1 aliphatic rings. The highest BCUT2D eigenvalue weighted by Crippen LogP contribution is 2.32. The van der Waals surface area contributed by atoms with Crippen molar-refractivity contribution in [1.82, 2.24) is 4.31 Å². The summed E-state index contributed by atoms with van der Waals surface area (Å²) >= 11 is 0. The molecule has 1 aromatic heterocycles. The van der Waals surface area contributed by atoms with Gasteiger partial charge in [-0.3, -0.25) is 0 Å². The Morgan fingerprint density at radius 3 is 2.45 bits per heavy atom. The molecule has 3 rings (SSSR count). The fourth-order valence-electron chi connectivity index (χ4n) is 3.04. The minimum absolute atomic E-state index is 0.0179. The van der Waals surface area contributed by atoms with E-state index in [1.165, 1.54) is 4.31 Å². The van der Waals surface area contributed by atoms with Crippen molar-refractivity contribution < 1.29 is 12.8 Å². The van der Waals surface area contributed by atoms with Gasteiger partial charge in [-0.1, -0.05) is 30.3 Å². The number of furan rings is 1. The van der Waals surface area contributed by atoms with E-state index in [0.717, 1.165) is 5.56 Å². The van der Waals surface area contributed by atoms with Crippen LogP contribution in [0.3, 0.4) is 0 Å².